The van der Waals surface area contributed by atoms with Crippen molar-refractivity contribution in [1.82, 2.24) is 14.8 Å². The lowest BCUT2D eigenvalue weighted by molar-refractivity contribution is -0.142. The van der Waals surface area contributed by atoms with E-state index < -0.39 is 11.9 Å². The van der Waals surface area contributed by atoms with Crippen molar-refractivity contribution in [3.63, 3.8) is 0 Å². The molecule has 1 fully saturated rings. The van der Waals surface area contributed by atoms with E-state index in [1.165, 1.54) is 4.90 Å². The first kappa shape index (κ1) is 13.5. The predicted octanol–water partition coefficient (Wildman–Crippen LogP) is 0.0564. The number of hydrogen-bond acceptors (Lipinski definition) is 4. The summed E-state index contributed by atoms with van der Waals surface area (Å²) >= 11 is 0. The van der Waals surface area contributed by atoms with Gasteiger partial charge in [-0.25, -0.2) is 0 Å². The first-order chi connectivity index (χ1) is 9.06. The second kappa shape index (κ2) is 5.79. The van der Waals surface area contributed by atoms with Crippen LogP contribution in [-0.2, 0) is 16.1 Å². The number of carbonyl (C=O) groups excluding carboxylic acids is 1. The molecular formula is C13H17N3O3. The van der Waals surface area contributed by atoms with E-state index >= 15 is 0 Å². The molecule has 1 amide bonds. The summed E-state index contributed by atoms with van der Waals surface area (Å²) in [5, 5.41) is 9.18. The Kier molecular flexibility index (Phi) is 4.11. The van der Waals surface area contributed by atoms with Gasteiger partial charge in [0.25, 0.3) is 0 Å². The van der Waals surface area contributed by atoms with Crippen LogP contribution in [0.25, 0.3) is 0 Å². The molecule has 1 atom stereocenters. The number of aromatic nitrogens is 1. The first-order valence-electron chi connectivity index (χ1n) is 6.14. The zero-order chi connectivity index (χ0) is 13.8. The van der Waals surface area contributed by atoms with Crippen LogP contribution in [0.2, 0.25) is 0 Å². The van der Waals surface area contributed by atoms with Gasteiger partial charge < -0.3 is 10.0 Å². The molecule has 0 bridgehead atoms. The minimum atomic E-state index is -0.860. The highest BCUT2D eigenvalue weighted by Gasteiger charge is 2.29. The first-order valence-corrected chi connectivity index (χ1v) is 6.14. The lowest BCUT2D eigenvalue weighted by Gasteiger charge is -2.20. The third kappa shape index (κ3) is 3.51. The molecule has 0 saturated carbocycles. The summed E-state index contributed by atoms with van der Waals surface area (Å²) in [5.74, 6) is -1.45. The number of carboxylic acid groups (broad SMARTS) is 1. The number of likely N-dealkylation sites (N-methyl/N-ethyl adjacent to an activating group) is 1. The van der Waals surface area contributed by atoms with E-state index in [1.807, 2.05) is 17.0 Å². The number of rotatable bonds is 3. The SMILES string of the molecule is CN1CC(C(=O)O)CN(Cc2ccncc2)CC1=O. The van der Waals surface area contributed by atoms with E-state index in [-0.39, 0.29) is 19.0 Å². The number of hydrogen-bond donors (Lipinski definition) is 1. The molecule has 0 radical (unpaired) electrons. The number of carboxylic acids is 1. The van der Waals surface area contributed by atoms with E-state index in [9.17, 15) is 14.7 Å². The van der Waals surface area contributed by atoms with Crippen molar-refractivity contribution in [3.05, 3.63) is 30.1 Å². The minimum Gasteiger partial charge on any atom is -0.481 e. The van der Waals surface area contributed by atoms with Crippen molar-refractivity contribution in [2.24, 2.45) is 5.92 Å². The topological polar surface area (TPSA) is 73.7 Å². The lowest BCUT2D eigenvalue weighted by Crippen LogP contribution is -2.34. The summed E-state index contributed by atoms with van der Waals surface area (Å²) in [4.78, 5) is 30.4. The number of aliphatic carboxylic acids is 1. The van der Waals surface area contributed by atoms with Crippen LogP contribution in [0.15, 0.2) is 24.5 Å². The maximum atomic E-state index is 11.9. The average Bonchev–Trinajstić information content (AvgIpc) is 2.51. The van der Waals surface area contributed by atoms with Gasteiger partial charge in [-0.15, -0.1) is 0 Å². The monoisotopic (exact) mass is 263 g/mol. The van der Waals surface area contributed by atoms with Crippen LogP contribution in [0.3, 0.4) is 0 Å². The molecule has 2 heterocycles. The number of pyridine rings is 1. The molecule has 1 N–H and O–H groups in total. The molecule has 1 saturated heterocycles. The smallest absolute Gasteiger partial charge is 0.309 e. The van der Waals surface area contributed by atoms with Crippen LogP contribution in [0.4, 0.5) is 0 Å². The van der Waals surface area contributed by atoms with Gasteiger partial charge >= 0.3 is 5.97 Å². The molecule has 0 aromatic carbocycles. The molecule has 102 valence electrons. The van der Waals surface area contributed by atoms with Gasteiger partial charge in [0, 0.05) is 39.1 Å². The Hall–Kier alpha value is -1.95. The van der Waals surface area contributed by atoms with Crippen molar-refractivity contribution >= 4 is 11.9 Å². The fraction of sp³-hybridized carbons (Fsp3) is 0.462. The largest absolute Gasteiger partial charge is 0.481 e. The van der Waals surface area contributed by atoms with E-state index in [0.717, 1.165) is 5.56 Å². The van der Waals surface area contributed by atoms with Crippen molar-refractivity contribution in [2.75, 3.05) is 26.7 Å². The van der Waals surface area contributed by atoms with Crippen LogP contribution in [0, 0.1) is 5.92 Å². The molecule has 1 aromatic rings. The van der Waals surface area contributed by atoms with Crippen LogP contribution in [-0.4, -0.2) is 58.4 Å². The van der Waals surface area contributed by atoms with Gasteiger partial charge in [0.2, 0.25) is 5.91 Å². The van der Waals surface area contributed by atoms with Gasteiger partial charge in [-0.05, 0) is 17.7 Å². The van der Waals surface area contributed by atoms with Crippen LogP contribution >= 0.6 is 0 Å². The molecule has 1 unspecified atom stereocenters. The van der Waals surface area contributed by atoms with E-state index in [1.54, 1.807) is 19.4 Å². The molecule has 0 spiro atoms. The highest BCUT2D eigenvalue weighted by atomic mass is 16.4. The molecule has 6 heteroatoms. The summed E-state index contributed by atoms with van der Waals surface area (Å²) < 4.78 is 0. The zero-order valence-corrected chi connectivity index (χ0v) is 10.8. The standard InChI is InChI=1S/C13H17N3O3/c1-15-7-11(13(18)19)8-16(9-12(15)17)6-10-2-4-14-5-3-10/h2-5,11H,6-9H2,1H3,(H,18,19). The number of carbonyl (C=O) groups is 2. The summed E-state index contributed by atoms with van der Waals surface area (Å²) in [6.45, 7) is 1.46. The highest BCUT2D eigenvalue weighted by Crippen LogP contribution is 2.12. The maximum absolute atomic E-state index is 11.9. The molecule has 19 heavy (non-hydrogen) atoms. The van der Waals surface area contributed by atoms with Crippen molar-refractivity contribution in [1.29, 1.82) is 0 Å². The minimum absolute atomic E-state index is 0.0437. The molecule has 0 aliphatic carbocycles. The molecule has 1 aliphatic rings. The van der Waals surface area contributed by atoms with Crippen molar-refractivity contribution in [2.45, 2.75) is 6.54 Å². The van der Waals surface area contributed by atoms with Crippen LogP contribution in [0.5, 0.6) is 0 Å². The molecule has 1 aromatic heterocycles. The lowest BCUT2D eigenvalue weighted by atomic mass is 10.1. The van der Waals surface area contributed by atoms with Gasteiger partial charge in [0.1, 0.15) is 0 Å². The number of nitrogens with zero attached hydrogens (tertiary/aromatic N) is 3. The van der Waals surface area contributed by atoms with Crippen LogP contribution in [0.1, 0.15) is 5.56 Å². The highest BCUT2D eigenvalue weighted by molar-refractivity contribution is 5.80. The summed E-state index contributed by atoms with van der Waals surface area (Å²) in [6, 6.07) is 3.74. The van der Waals surface area contributed by atoms with Crippen LogP contribution < -0.4 is 0 Å². The van der Waals surface area contributed by atoms with Gasteiger partial charge in [0.15, 0.2) is 0 Å². The quantitative estimate of drug-likeness (QED) is 0.834. The molecule has 6 nitrogen and oxygen atoms in total. The second-order valence-electron chi connectivity index (χ2n) is 4.83. The van der Waals surface area contributed by atoms with Gasteiger partial charge in [-0.2, -0.15) is 0 Å². The summed E-state index contributed by atoms with van der Waals surface area (Å²) in [5.41, 5.74) is 1.02. The predicted molar refractivity (Wildman–Crippen MR) is 68.3 cm³/mol. The fourth-order valence-corrected chi connectivity index (χ4v) is 2.20. The zero-order valence-electron chi connectivity index (χ0n) is 10.8. The Morgan fingerprint density at radius 1 is 1.42 bits per heavy atom. The Balaban J connectivity index is 2.10. The third-order valence-electron chi connectivity index (χ3n) is 3.26. The third-order valence-corrected chi connectivity index (χ3v) is 3.26. The van der Waals surface area contributed by atoms with Gasteiger partial charge in [-0.1, -0.05) is 0 Å². The van der Waals surface area contributed by atoms with E-state index in [0.29, 0.717) is 13.1 Å². The average molecular weight is 263 g/mol. The summed E-state index contributed by atoms with van der Waals surface area (Å²) in [6.07, 6.45) is 3.38. The van der Waals surface area contributed by atoms with Crippen molar-refractivity contribution < 1.29 is 14.7 Å². The molecule has 2 rings (SSSR count). The van der Waals surface area contributed by atoms with Crippen molar-refractivity contribution in [3.8, 4) is 0 Å². The molecular weight excluding hydrogens is 246 g/mol. The Morgan fingerprint density at radius 2 is 2.11 bits per heavy atom. The normalized spacial score (nSPS) is 21.2. The fourth-order valence-electron chi connectivity index (χ4n) is 2.20. The maximum Gasteiger partial charge on any atom is 0.309 e. The van der Waals surface area contributed by atoms with E-state index in [2.05, 4.69) is 4.98 Å². The Bertz CT molecular complexity index is 463. The second-order valence-corrected chi connectivity index (χ2v) is 4.83. The Labute approximate surface area is 111 Å². The van der Waals surface area contributed by atoms with E-state index in [4.69, 9.17) is 0 Å². The Morgan fingerprint density at radius 3 is 2.74 bits per heavy atom. The summed E-state index contributed by atoms with van der Waals surface area (Å²) in [7, 11) is 1.65. The van der Waals surface area contributed by atoms with Gasteiger partial charge in [0.05, 0.1) is 12.5 Å². The van der Waals surface area contributed by atoms with Gasteiger partial charge in [-0.3, -0.25) is 19.5 Å². The number of amides is 1. The molecule has 1 aliphatic heterocycles.